The molecule has 0 radical (unpaired) electrons. The maximum Gasteiger partial charge on any atom is 0.256 e. The Morgan fingerprint density at radius 1 is 1.17 bits per heavy atom. The number of aliphatic hydroxyl groups excluding tert-OH is 2. The van der Waals surface area contributed by atoms with Crippen LogP contribution in [0, 0.1) is 0 Å². The van der Waals surface area contributed by atoms with E-state index in [1.54, 1.807) is 17.3 Å². The van der Waals surface area contributed by atoms with Gasteiger partial charge >= 0.3 is 0 Å². The predicted molar refractivity (Wildman–Crippen MR) is 84.5 cm³/mol. The summed E-state index contributed by atoms with van der Waals surface area (Å²) in [4.78, 5) is 23.0. The second kappa shape index (κ2) is 6.06. The molecule has 130 valence electrons. The minimum Gasteiger partial charge on any atom is -0.390 e. The van der Waals surface area contributed by atoms with Crippen LogP contribution in [0.25, 0.3) is 0 Å². The van der Waals surface area contributed by atoms with Crippen molar-refractivity contribution in [3.8, 4) is 0 Å². The van der Waals surface area contributed by atoms with E-state index < -0.39 is 17.8 Å². The normalized spacial score (nSPS) is 29.7. The maximum atomic E-state index is 12.6. The first-order valence-electron chi connectivity index (χ1n) is 8.70. The molecule has 3 fully saturated rings. The molecular formula is C17H23N3O4. The van der Waals surface area contributed by atoms with E-state index in [1.807, 2.05) is 0 Å². The summed E-state index contributed by atoms with van der Waals surface area (Å²) < 4.78 is 5.80. The van der Waals surface area contributed by atoms with Crippen molar-refractivity contribution >= 4 is 5.91 Å². The fourth-order valence-corrected chi connectivity index (χ4v) is 3.69. The number of hydrogen-bond donors (Lipinski definition) is 2. The first-order chi connectivity index (χ1) is 11.6. The summed E-state index contributed by atoms with van der Waals surface area (Å²) in [7, 11) is 0. The van der Waals surface area contributed by atoms with Gasteiger partial charge in [0.25, 0.3) is 5.91 Å². The van der Waals surface area contributed by atoms with Crippen LogP contribution in [0.2, 0.25) is 0 Å². The lowest BCUT2D eigenvalue weighted by Crippen LogP contribution is -2.60. The SMILES string of the molecule is O=C(c1cnc(C2CC2)nc1)N1CCC2(CC1)OCC[C@H](O)[C@@H]2O. The molecule has 2 aliphatic heterocycles. The molecule has 3 aliphatic rings. The average molecular weight is 333 g/mol. The monoisotopic (exact) mass is 333 g/mol. The second-order valence-electron chi connectivity index (χ2n) is 7.11. The molecule has 2 saturated heterocycles. The molecule has 0 unspecified atom stereocenters. The van der Waals surface area contributed by atoms with Crippen LogP contribution in [-0.4, -0.2) is 68.5 Å². The third-order valence-electron chi connectivity index (χ3n) is 5.46. The largest absolute Gasteiger partial charge is 0.390 e. The van der Waals surface area contributed by atoms with Crippen molar-refractivity contribution in [1.29, 1.82) is 0 Å². The van der Waals surface area contributed by atoms with Crippen molar-refractivity contribution in [2.24, 2.45) is 0 Å². The number of ether oxygens (including phenoxy) is 1. The number of nitrogens with zero attached hydrogens (tertiary/aromatic N) is 3. The summed E-state index contributed by atoms with van der Waals surface area (Å²) in [6, 6.07) is 0. The highest BCUT2D eigenvalue weighted by atomic mass is 16.5. The van der Waals surface area contributed by atoms with E-state index in [4.69, 9.17) is 4.74 Å². The minimum atomic E-state index is -0.885. The van der Waals surface area contributed by atoms with Gasteiger partial charge < -0.3 is 19.8 Å². The van der Waals surface area contributed by atoms with Gasteiger partial charge in [-0.2, -0.15) is 0 Å². The Kier molecular flexibility index (Phi) is 4.02. The Hall–Kier alpha value is -1.57. The number of aliphatic hydroxyl groups is 2. The summed E-state index contributed by atoms with van der Waals surface area (Å²) in [6.45, 7) is 1.43. The lowest BCUT2D eigenvalue weighted by atomic mass is 9.80. The van der Waals surface area contributed by atoms with Crippen LogP contribution in [0.1, 0.15) is 54.2 Å². The molecule has 1 aliphatic carbocycles. The summed E-state index contributed by atoms with van der Waals surface area (Å²) in [6.07, 6.45) is 5.37. The van der Waals surface area contributed by atoms with Crippen LogP contribution in [0.3, 0.4) is 0 Å². The van der Waals surface area contributed by atoms with E-state index in [9.17, 15) is 15.0 Å². The molecule has 1 saturated carbocycles. The second-order valence-corrected chi connectivity index (χ2v) is 7.11. The van der Waals surface area contributed by atoms with Gasteiger partial charge in [-0.15, -0.1) is 0 Å². The minimum absolute atomic E-state index is 0.0851. The fraction of sp³-hybridized carbons (Fsp3) is 0.706. The van der Waals surface area contributed by atoms with Gasteiger partial charge in [0, 0.05) is 31.4 Å². The lowest BCUT2D eigenvalue weighted by molar-refractivity contribution is -0.212. The zero-order chi connectivity index (χ0) is 16.7. The van der Waals surface area contributed by atoms with Crippen LogP contribution in [-0.2, 0) is 4.74 Å². The molecule has 7 heteroatoms. The van der Waals surface area contributed by atoms with Crippen LogP contribution >= 0.6 is 0 Å². The third kappa shape index (κ3) is 2.81. The van der Waals surface area contributed by atoms with Crippen LogP contribution < -0.4 is 0 Å². The van der Waals surface area contributed by atoms with Crippen molar-refractivity contribution in [3.63, 3.8) is 0 Å². The van der Waals surface area contributed by atoms with Crippen LogP contribution in [0.15, 0.2) is 12.4 Å². The Balaban J connectivity index is 1.40. The predicted octanol–water partition coefficient (Wildman–Crippen LogP) is 0.471. The number of piperidine rings is 1. The topological polar surface area (TPSA) is 95.8 Å². The molecule has 4 rings (SSSR count). The molecule has 24 heavy (non-hydrogen) atoms. The summed E-state index contributed by atoms with van der Waals surface area (Å²) in [5.74, 6) is 1.22. The number of likely N-dealkylation sites (tertiary alicyclic amines) is 1. The number of carbonyl (C=O) groups excluding carboxylic acids is 1. The van der Waals surface area contributed by atoms with Crippen molar-refractivity contribution in [2.75, 3.05) is 19.7 Å². The van der Waals surface area contributed by atoms with Crippen molar-refractivity contribution in [2.45, 2.75) is 55.8 Å². The number of carbonyl (C=O) groups is 1. The van der Waals surface area contributed by atoms with E-state index in [1.165, 1.54) is 0 Å². The highest BCUT2D eigenvalue weighted by Crippen LogP contribution is 2.38. The summed E-state index contributed by atoms with van der Waals surface area (Å²) >= 11 is 0. The molecule has 1 aromatic heterocycles. The van der Waals surface area contributed by atoms with E-state index >= 15 is 0 Å². The smallest absolute Gasteiger partial charge is 0.256 e. The van der Waals surface area contributed by atoms with Gasteiger partial charge in [-0.1, -0.05) is 0 Å². The highest BCUT2D eigenvalue weighted by molar-refractivity contribution is 5.93. The number of rotatable bonds is 2. The first-order valence-corrected chi connectivity index (χ1v) is 8.70. The number of hydrogen-bond acceptors (Lipinski definition) is 6. The Labute approximate surface area is 140 Å². The third-order valence-corrected chi connectivity index (χ3v) is 5.46. The van der Waals surface area contributed by atoms with Gasteiger partial charge in [0.2, 0.25) is 0 Å². The van der Waals surface area contributed by atoms with Crippen LogP contribution in [0.5, 0.6) is 0 Å². The number of aromatic nitrogens is 2. The molecule has 2 atom stereocenters. The molecule has 0 aromatic carbocycles. The summed E-state index contributed by atoms with van der Waals surface area (Å²) in [5, 5.41) is 20.2. The first kappa shape index (κ1) is 15.9. The molecular weight excluding hydrogens is 310 g/mol. The van der Waals surface area contributed by atoms with Crippen LogP contribution in [0.4, 0.5) is 0 Å². The van der Waals surface area contributed by atoms with Gasteiger partial charge in [0.1, 0.15) is 11.9 Å². The zero-order valence-electron chi connectivity index (χ0n) is 13.6. The zero-order valence-corrected chi connectivity index (χ0v) is 13.6. The molecule has 7 nitrogen and oxygen atoms in total. The lowest BCUT2D eigenvalue weighted by Gasteiger charge is -2.48. The van der Waals surface area contributed by atoms with Gasteiger partial charge in [0.05, 0.1) is 23.9 Å². The van der Waals surface area contributed by atoms with Gasteiger partial charge in [-0.05, 0) is 32.1 Å². The Morgan fingerprint density at radius 3 is 2.46 bits per heavy atom. The van der Waals surface area contributed by atoms with E-state index in [0.29, 0.717) is 50.4 Å². The van der Waals surface area contributed by atoms with Gasteiger partial charge in [0.15, 0.2) is 0 Å². The highest BCUT2D eigenvalue weighted by Gasteiger charge is 2.48. The van der Waals surface area contributed by atoms with E-state index in [2.05, 4.69) is 9.97 Å². The Morgan fingerprint density at radius 2 is 1.83 bits per heavy atom. The number of amides is 1. The van der Waals surface area contributed by atoms with Gasteiger partial charge in [-0.25, -0.2) is 9.97 Å². The molecule has 0 bridgehead atoms. The van der Waals surface area contributed by atoms with Crippen molar-refractivity contribution in [3.05, 3.63) is 23.8 Å². The van der Waals surface area contributed by atoms with Crippen molar-refractivity contribution < 1.29 is 19.7 Å². The summed E-state index contributed by atoms with van der Waals surface area (Å²) in [5.41, 5.74) is -0.221. The van der Waals surface area contributed by atoms with E-state index in [0.717, 1.165) is 18.7 Å². The Bertz CT molecular complexity index is 609. The maximum absolute atomic E-state index is 12.6. The fourth-order valence-electron chi connectivity index (χ4n) is 3.69. The standard InChI is InChI=1S/C17H23N3O4/c21-13-3-8-24-17(14(13)22)4-6-20(7-5-17)16(23)12-9-18-15(19-10-12)11-1-2-11/h9-11,13-14,21-22H,1-8H2/t13-,14-/m0/s1. The molecule has 2 N–H and O–H groups in total. The molecule has 1 amide bonds. The van der Waals surface area contributed by atoms with Crippen molar-refractivity contribution in [1.82, 2.24) is 14.9 Å². The van der Waals surface area contributed by atoms with E-state index in [-0.39, 0.29) is 5.91 Å². The molecule has 1 spiro atoms. The molecule has 1 aromatic rings. The quantitative estimate of drug-likeness (QED) is 0.817. The van der Waals surface area contributed by atoms with Gasteiger partial charge in [-0.3, -0.25) is 4.79 Å². The molecule has 3 heterocycles. The average Bonchev–Trinajstić information content (AvgIpc) is 3.45.